The van der Waals surface area contributed by atoms with Gasteiger partial charge >= 0.3 is 11.5 Å². The van der Waals surface area contributed by atoms with Crippen molar-refractivity contribution in [3.63, 3.8) is 0 Å². The van der Waals surface area contributed by atoms with Gasteiger partial charge in [-0.2, -0.15) is 13.2 Å². The summed E-state index contributed by atoms with van der Waals surface area (Å²) < 4.78 is 35.5. The summed E-state index contributed by atoms with van der Waals surface area (Å²) in [5.74, 6) is -1.60. The average Bonchev–Trinajstić information content (AvgIpc) is 2.37. The van der Waals surface area contributed by atoms with E-state index in [1.165, 1.54) is 0 Å². The monoisotopic (exact) mass is 314 g/mol. The van der Waals surface area contributed by atoms with Gasteiger partial charge in [0, 0.05) is 25.4 Å². The van der Waals surface area contributed by atoms with Crippen LogP contribution < -0.4 is 5.32 Å². The smallest absolute Gasteiger partial charge is 0.441 e. The van der Waals surface area contributed by atoms with E-state index in [0.717, 1.165) is 0 Å². The maximum absolute atomic E-state index is 11.8. The number of amides is 1. The number of hydrogen-bond acceptors (Lipinski definition) is 4. The molecule has 0 saturated carbocycles. The van der Waals surface area contributed by atoms with Crippen LogP contribution in [0, 0.1) is 5.92 Å². The maximum Gasteiger partial charge on any atom is 0.441 e. The van der Waals surface area contributed by atoms with Crippen molar-refractivity contribution in [2.24, 2.45) is 5.92 Å². The van der Waals surface area contributed by atoms with Crippen LogP contribution in [-0.4, -0.2) is 59.3 Å². The highest BCUT2D eigenvalue weighted by molar-refractivity contribution is 8.00. The molecule has 1 heterocycles. The van der Waals surface area contributed by atoms with Gasteiger partial charge in [-0.15, -0.1) is 0 Å². The Morgan fingerprint density at radius 1 is 1.30 bits per heavy atom. The average molecular weight is 314 g/mol. The third kappa shape index (κ3) is 6.47. The van der Waals surface area contributed by atoms with Gasteiger partial charge in [0.05, 0.1) is 12.5 Å². The van der Waals surface area contributed by atoms with E-state index < -0.39 is 17.4 Å². The van der Waals surface area contributed by atoms with Crippen molar-refractivity contribution in [3.05, 3.63) is 0 Å². The van der Waals surface area contributed by atoms with E-state index in [-0.39, 0.29) is 36.5 Å². The lowest BCUT2D eigenvalue weighted by molar-refractivity contribution is -0.145. The van der Waals surface area contributed by atoms with Crippen molar-refractivity contribution in [3.8, 4) is 0 Å². The zero-order chi connectivity index (χ0) is 15.2. The van der Waals surface area contributed by atoms with Crippen LogP contribution in [0.15, 0.2) is 0 Å². The van der Waals surface area contributed by atoms with Crippen molar-refractivity contribution in [2.75, 3.05) is 31.9 Å². The Balaban J connectivity index is 2.13. The van der Waals surface area contributed by atoms with Crippen LogP contribution in [0.4, 0.5) is 13.2 Å². The molecule has 1 fully saturated rings. The van der Waals surface area contributed by atoms with E-state index in [1.807, 2.05) is 0 Å². The number of carbonyl (C=O) groups is 2. The number of hydrogen-bond donors (Lipinski definition) is 2. The van der Waals surface area contributed by atoms with Crippen molar-refractivity contribution in [1.29, 1.82) is 0 Å². The van der Waals surface area contributed by atoms with E-state index >= 15 is 0 Å². The molecule has 1 saturated heterocycles. The second kappa shape index (κ2) is 7.72. The van der Waals surface area contributed by atoms with Gasteiger partial charge in [0.15, 0.2) is 0 Å². The summed E-state index contributed by atoms with van der Waals surface area (Å²) in [5, 5.41) is 11.5. The minimum Gasteiger partial charge on any atom is -0.481 e. The van der Waals surface area contributed by atoms with Crippen molar-refractivity contribution in [2.45, 2.75) is 18.3 Å². The predicted molar refractivity (Wildman–Crippen MR) is 68.3 cm³/mol. The first kappa shape index (κ1) is 17.1. The second-order valence-corrected chi connectivity index (χ2v) is 5.62. The van der Waals surface area contributed by atoms with Crippen molar-refractivity contribution >= 4 is 23.6 Å². The zero-order valence-corrected chi connectivity index (χ0v) is 11.6. The van der Waals surface area contributed by atoms with Gasteiger partial charge in [-0.05, 0) is 24.6 Å². The van der Waals surface area contributed by atoms with Gasteiger partial charge < -0.3 is 15.3 Å². The molecular formula is C11H17F3N2O3S. The quantitative estimate of drug-likeness (QED) is 0.720. The summed E-state index contributed by atoms with van der Waals surface area (Å²) in [4.78, 5) is 24.0. The molecule has 0 atom stereocenters. The fraction of sp³-hybridized carbons (Fsp3) is 0.818. The summed E-state index contributed by atoms with van der Waals surface area (Å²) in [5.41, 5.74) is -4.25. The van der Waals surface area contributed by atoms with Gasteiger partial charge in [-0.1, -0.05) is 0 Å². The summed E-state index contributed by atoms with van der Waals surface area (Å²) in [6, 6.07) is 0. The molecule has 5 nitrogen and oxygen atoms in total. The first-order chi connectivity index (χ1) is 9.29. The van der Waals surface area contributed by atoms with Crippen LogP contribution >= 0.6 is 11.8 Å². The highest BCUT2D eigenvalue weighted by Gasteiger charge is 2.28. The van der Waals surface area contributed by atoms with E-state index in [2.05, 4.69) is 5.32 Å². The largest absolute Gasteiger partial charge is 0.481 e. The Morgan fingerprint density at radius 3 is 2.40 bits per heavy atom. The minimum atomic E-state index is -4.25. The van der Waals surface area contributed by atoms with Crippen LogP contribution in [0.25, 0.3) is 0 Å². The molecule has 0 aromatic carbocycles. The molecule has 0 aromatic heterocycles. The Kier molecular flexibility index (Phi) is 6.60. The number of nitrogens with zero attached hydrogens (tertiary/aromatic N) is 1. The third-order valence-corrected chi connectivity index (χ3v) is 3.75. The Hall–Kier alpha value is -0.960. The SMILES string of the molecule is O=C(O)C1CCN(C(=O)CNCCSC(F)(F)F)CC1. The van der Waals surface area contributed by atoms with Gasteiger partial charge in [0.25, 0.3) is 0 Å². The topological polar surface area (TPSA) is 69.6 Å². The van der Waals surface area contributed by atoms with E-state index in [1.54, 1.807) is 4.90 Å². The molecule has 1 rings (SSSR count). The molecular weight excluding hydrogens is 297 g/mol. The number of aliphatic carboxylic acids is 1. The predicted octanol–water partition coefficient (Wildman–Crippen LogP) is 1.15. The maximum atomic E-state index is 11.8. The number of thioether (sulfide) groups is 1. The van der Waals surface area contributed by atoms with Gasteiger partial charge in [-0.25, -0.2) is 0 Å². The molecule has 2 N–H and O–H groups in total. The molecule has 0 aliphatic carbocycles. The number of rotatable bonds is 6. The molecule has 20 heavy (non-hydrogen) atoms. The number of nitrogens with one attached hydrogen (secondary N) is 1. The molecule has 1 aliphatic rings. The standard InChI is InChI=1S/C11H17F3N2O3S/c12-11(13,14)20-6-3-15-7-9(17)16-4-1-8(2-5-16)10(18)19/h8,15H,1-7H2,(H,18,19). The molecule has 1 aliphatic heterocycles. The molecule has 0 aromatic rings. The summed E-state index contributed by atoms with van der Waals surface area (Å²) in [7, 11) is 0. The van der Waals surface area contributed by atoms with Gasteiger partial charge in [-0.3, -0.25) is 9.59 Å². The van der Waals surface area contributed by atoms with E-state index in [4.69, 9.17) is 5.11 Å². The summed E-state index contributed by atoms with van der Waals surface area (Å²) in [6.45, 7) is 0.848. The minimum absolute atomic E-state index is 0.0177. The number of piperidine rings is 1. The number of carbonyl (C=O) groups excluding carboxylic acids is 1. The Bertz CT molecular complexity index is 344. The molecule has 0 spiro atoms. The lowest BCUT2D eigenvalue weighted by Gasteiger charge is -2.30. The zero-order valence-electron chi connectivity index (χ0n) is 10.8. The highest BCUT2D eigenvalue weighted by Crippen LogP contribution is 2.29. The van der Waals surface area contributed by atoms with Crippen LogP contribution in [0.2, 0.25) is 0 Å². The molecule has 0 radical (unpaired) electrons. The highest BCUT2D eigenvalue weighted by atomic mass is 32.2. The first-order valence-corrected chi connectivity index (χ1v) is 7.20. The molecule has 0 bridgehead atoms. The van der Waals surface area contributed by atoms with E-state index in [0.29, 0.717) is 25.9 Å². The molecule has 116 valence electrons. The number of carboxylic acids is 1. The molecule has 9 heteroatoms. The third-order valence-electron chi connectivity index (χ3n) is 3.02. The van der Waals surface area contributed by atoms with Crippen LogP contribution in [-0.2, 0) is 9.59 Å². The lowest BCUT2D eigenvalue weighted by atomic mass is 9.97. The second-order valence-electron chi connectivity index (χ2n) is 4.46. The van der Waals surface area contributed by atoms with Crippen LogP contribution in [0.3, 0.4) is 0 Å². The number of carboxylic acid groups (broad SMARTS) is 1. The van der Waals surface area contributed by atoms with Crippen LogP contribution in [0.1, 0.15) is 12.8 Å². The Labute approximate surface area is 118 Å². The number of alkyl halides is 3. The Morgan fingerprint density at radius 2 is 1.90 bits per heavy atom. The fourth-order valence-corrected chi connectivity index (χ4v) is 2.40. The summed E-state index contributed by atoms with van der Waals surface area (Å²) in [6.07, 6.45) is 0.843. The van der Waals surface area contributed by atoms with Gasteiger partial charge in [0.1, 0.15) is 0 Å². The lowest BCUT2D eigenvalue weighted by Crippen LogP contribution is -2.44. The number of halogens is 3. The van der Waals surface area contributed by atoms with Crippen molar-refractivity contribution in [1.82, 2.24) is 10.2 Å². The number of likely N-dealkylation sites (tertiary alicyclic amines) is 1. The van der Waals surface area contributed by atoms with E-state index in [9.17, 15) is 22.8 Å². The summed E-state index contributed by atoms with van der Waals surface area (Å²) >= 11 is -0.128. The molecule has 0 unspecified atom stereocenters. The molecule has 1 amide bonds. The normalized spacial score (nSPS) is 17.2. The first-order valence-electron chi connectivity index (χ1n) is 6.21. The fourth-order valence-electron chi connectivity index (χ4n) is 1.92. The van der Waals surface area contributed by atoms with Crippen molar-refractivity contribution < 1.29 is 27.9 Å². The van der Waals surface area contributed by atoms with Gasteiger partial charge in [0.2, 0.25) is 5.91 Å². The van der Waals surface area contributed by atoms with Crippen LogP contribution in [0.5, 0.6) is 0 Å².